The predicted molar refractivity (Wildman–Crippen MR) is 99.5 cm³/mol. The van der Waals surface area contributed by atoms with Gasteiger partial charge in [-0.3, -0.25) is 4.99 Å². The fraction of sp³-hybridized carbons (Fsp3) is 0.556. The van der Waals surface area contributed by atoms with Gasteiger partial charge in [0.25, 0.3) is 0 Å². The van der Waals surface area contributed by atoms with E-state index in [0.717, 1.165) is 36.8 Å². The average molecular weight is 331 g/mol. The summed E-state index contributed by atoms with van der Waals surface area (Å²) >= 11 is 0. The first-order valence-corrected chi connectivity index (χ1v) is 8.38. The highest BCUT2D eigenvalue weighted by molar-refractivity contribution is 5.79. The molecular weight excluding hydrogens is 302 g/mol. The number of nitrogens with zero attached hydrogens (tertiary/aromatic N) is 3. The lowest BCUT2D eigenvalue weighted by Gasteiger charge is -2.24. The number of benzene rings is 1. The van der Waals surface area contributed by atoms with E-state index in [1.807, 2.05) is 19.9 Å². The minimum atomic E-state index is -0.218. The lowest BCUT2D eigenvalue weighted by atomic mass is 10.1. The fourth-order valence-electron chi connectivity index (χ4n) is 2.51. The van der Waals surface area contributed by atoms with Crippen LogP contribution in [0.3, 0.4) is 0 Å². The minimum absolute atomic E-state index is 0.218. The number of ether oxygens (including phenoxy) is 1. The Hall–Kier alpha value is -2.08. The second-order valence-electron chi connectivity index (χ2n) is 6.47. The number of methoxy groups -OCH3 is 1. The molecule has 0 unspecified atom stereocenters. The van der Waals surface area contributed by atoms with Crippen molar-refractivity contribution in [3.63, 3.8) is 0 Å². The van der Waals surface area contributed by atoms with Crippen LogP contribution in [0, 0.1) is 6.92 Å². The van der Waals surface area contributed by atoms with Gasteiger partial charge in [0.15, 0.2) is 5.96 Å². The van der Waals surface area contributed by atoms with Crippen LogP contribution in [-0.2, 0) is 11.3 Å². The summed E-state index contributed by atoms with van der Waals surface area (Å²) in [7, 11) is 3.50. The van der Waals surface area contributed by atoms with Crippen LogP contribution in [0.1, 0.15) is 26.1 Å². The van der Waals surface area contributed by atoms with Gasteiger partial charge in [-0.2, -0.15) is 0 Å². The van der Waals surface area contributed by atoms with Crippen LogP contribution >= 0.6 is 0 Å². The summed E-state index contributed by atoms with van der Waals surface area (Å²) in [6, 6.07) is 8.26. The molecule has 0 aliphatic heterocycles. The van der Waals surface area contributed by atoms with Gasteiger partial charge in [0.05, 0.1) is 16.6 Å². The number of aryl methyl sites for hydroxylation is 2. The molecule has 2 aromatic rings. The van der Waals surface area contributed by atoms with E-state index in [9.17, 15) is 0 Å². The number of hydrogen-bond acceptors (Lipinski definition) is 3. The normalized spacial score (nSPS) is 12.6. The van der Waals surface area contributed by atoms with Gasteiger partial charge in [0.2, 0.25) is 0 Å². The molecule has 1 aromatic heterocycles. The van der Waals surface area contributed by atoms with Gasteiger partial charge in [0.1, 0.15) is 5.82 Å². The summed E-state index contributed by atoms with van der Waals surface area (Å²) in [6.45, 7) is 8.62. The Bertz CT molecular complexity index is 690. The summed E-state index contributed by atoms with van der Waals surface area (Å²) in [4.78, 5) is 8.85. The molecule has 0 amide bonds. The quantitative estimate of drug-likeness (QED) is 0.464. The molecule has 1 heterocycles. The van der Waals surface area contributed by atoms with Crippen LogP contribution in [0.5, 0.6) is 0 Å². The fourth-order valence-corrected chi connectivity index (χ4v) is 2.51. The maximum absolute atomic E-state index is 5.41. The molecule has 0 bridgehead atoms. The molecule has 0 atom stereocenters. The third-order valence-corrected chi connectivity index (χ3v) is 4.15. The third kappa shape index (κ3) is 4.71. The van der Waals surface area contributed by atoms with Crippen molar-refractivity contribution in [2.24, 2.45) is 4.99 Å². The number of aliphatic imine (C=N–C) groups is 1. The largest absolute Gasteiger partial charge is 0.377 e. The minimum Gasteiger partial charge on any atom is -0.377 e. The number of aromatic nitrogens is 2. The van der Waals surface area contributed by atoms with Crippen molar-refractivity contribution in [3.05, 3.63) is 30.1 Å². The van der Waals surface area contributed by atoms with Crippen molar-refractivity contribution in [3.8, 4) is 0 Å². The molecule has 0 aliphatic carbocycles. The van der Waals surface area contributed by atoms with Crippen LogP contribution < -0.4 is 10.6 Å². The first kappa shape index (κ1) is 18.3. The van der Waals surface area contributed by atoms with Gasteiger partial charge in [-0.05, 0) is 39.3 Å². The van der Waals surface area contributed by atoms with Crippen molar-refractivity contribution in [2.45, 2.75) is 39.3 Å². The number of guanidine groups is 1. The van der Waals surface area contributed by atoms with E-state index in [4.69, 9.17) is 4.74 Å². The SMILES string of the molecule is CN=C(NCCCn1c(C)nc2ccccc21)NCC(C)(C)OC. The molecule has 0 aliphatic rings. The van der Waals surface area contributed by atoms with Gasteiger partial charge in [-0.1, -0.05) is 12.1 Å². The Morgan fingerprint density at radius 2 is 2.04 bits per heavy atom. The highest BCUT2D eigenvalue weighted by Gasteiger charge is 2.16. The molecule has 0 spiro atoms. The summed E-state index contributed by atoms with van der Waals surface area (Å²) in [6.07, 6.45) is 0.996. The molecule has 0 fully saturated rings. The lowest BCUT2D eigenvalue weighted by molar-refractivity contribution is 0.0268. The van der Waals surface area contributed by atoms with E-state index in [1.54, 1.807) is 14.2 Å². The molecule has 2 rings (SSSR count). The molecule has 6 nitrogen and oxygen atoms in total. The van der Waals surface area contributed by atoms with Gasteiger partial charge in [0, 0.05) is 33.8 Å². The molecule has 6 heteroatoms. The third-order valence-electron chi connectivity index (χ3n) is 4.15. The van der Waals surface area contributed by atoms with E-state index >= 15 is 0 Å². The summed E-state index contributed by atoms with van der Waals surface area (Å²) in [5.41, 5.74) is 2.03. The predicted octanol–water partition coefficient (Wildman–Crippen LogP) is 2.32. The maximum Gasteiger partial charge on any atom is 0.191 e. The second-order valence-corrected chi connectivity index (χ2v) is 6.47. The highest BCUT2D eigenvalue weighted by Crippen LogP contribution is 2.15. The van der Waals surface area contributed by atoms with Crippen LogP contribution in [0.15, 0.2) is 29.3 Å². The Morgan fingerprint density at radius 3 is 2.75 bits per heavy atom. The number of para-hydroxylation sites is 2. The Labute approximate surface area is 144 Å². The van der Waals surface area contributed by atoms with Crippen LogP contribution in [0.4, 0.5) is 0 Å². The van der Waals surface area contributed by atoms with Gasteiger partial charge >= 0.3 is 0 Å². The van der Waals surface area contributed by atoms with Crippen molar-refractivity contribution in [1.29, 1.82) is 0 Å². The van der Waals surface area contributed by atoms with E-state index in [0.29, 0.717) is 6.54 Å². The van der Waals surface area contributed by atoms with Gasteiger partial charge < -0.3 is 19.9 Å². The van der Waals surface area contributed by atoms with Gasteiger partial charge in [-0.25, -0.2) is 4.98 Å². The zero-order valence-electron chi connectivity index (χ0n) is 15.4. The van der Waals surface area contributed by atoms with Crippen LogP contribution in [0.25, 0.3) is 11.0 Å². The second kappa shape index (κ2) is 8.15. The summed E-state index contributed by atoms with van der Waals surface area (Å²) < 4.78 is 7.67. The summed E-state index contributed by atoms with van der Waals surface area (Å²) in [5.74, 6) is 1.85. The van der Waals surface area contributed by atoms with E-state index in [-0.39, 0.29) is 5.60 Å². The highest BCUT2D eigenvalue weighted by atomic mass is 16.5. The number of hydrogen-bond donors (Lipinski definition) is 2. The molecule has 0 saturated heterocycles. The van der Waals surface area contributed by atoms with Crippen molar-refractivity contribution >= 4 is 17.0 Å². The molecule has 24 heavy (non-hydrogen) atoms. The average Bonchev–Trinajstić information content (AvgIpc) is 2.89. The van der Waals surface area contributed by atoms with E-state index < -0.39 is 0 Å². The Morgan fingerprint density at radius 1 is 1.29 bits per heavy atom. The number of imidazole rings is 1. The molecule has 0 radical (unpaired) electrons. The summed E-state index contributed by atoms with van der Waals surface area (Å²) in [5, 5.41) is 6.64. The monoisotopic (exact) mass is 331 g/mol. The topological polar surface area (TPSA) is 63.5 Å². The molecular formula is C18H29N5O. The van der Waals surface area contributed by atoms with E-state index in [1.165, 1.54) is 5.52 Å². The lowest BCUT2D eigenvalue weighted by Crippen LogP contribution is -2.45. The first-order valence-electron chi connectivity index (χ1n) is 8.38. The molecule has 132 valence electrons. The standard InChI is InChI=1S/C18H29N5O/c1-14-22-15-9-6-7-10-16(15)23(14)12-8-11-20-17(19-4)21-13-18(2,3)24-5/h6-7,9-10H,8,11-13H2,1-5H3,(H2,19,20,21). The molecule has 2 N–H and O–H groups in total. The first-order chi connectivity index (χ1) is 11.5. The van der Waals surface area contributed by atoms with Crippen molar-refractivity contribution in [1.82, 2.24) is 20.2 Å². The molecule has 0 saturated carbocycles. The van der Waals surface area contributed by atoms with E-state index in [2.05, 4.69) is 50.3 Å². The zero-order valence-corrected chi connectivity index (χ0v) is 15.4. The van der Waals surface area contributed by atoms with Crippen molar-refractivity contribution < 1.29 is 4.74 Å². The van der Waals surface area contributed by atoms with Gasteiger partial charge in [-0.15, -0.1) is 0 Å². The van der Waals surface area contributed by atoms with Crippen LogP contribution in [-0.4, -0.2) is 48.4 Å². The number of fused-ring (bicyclic) bond motifs is 1. The zero-order chi connectivity index (χ0) is 17.6. The Balaban J connectivity index is 1.82. The smallest absolute Gasteiger partial charge is 0.191 e. The van der Waals surface area contributed by atoms with Crippen LogP contribution in [0.2, 0.25) is 0 Å². The number of nitrogens with one attached hydrogen (secondary N) is 2. The number of rotatable bonds is 7. The Kier molecular flexibility index (Phi) is 6.20. The molecule has 1 aromatic carbocycles. The maximum atomic E-state index is 5.41. The van der Waals surface area contributed by atoms with Crippen molar-refractivity contribution in [2.75, 3.05) is 27.2 Å².